The lowest BCUT2D eigenvalue weighted by atomic mass is 10.0. The molecule has 5 heterocycles. The molecule has 2 aliphatic rings. The first-order valence-corrected chi connectivity index (χ1v) is 14.6. The fraction of sp³-hybridized carbons (Fsp3) is 0.208. The number of carbonyl (C=O) groups is 3. The number of anilines is 2. The van der Waals surface area contributed by atoms with Crippen LogP contribution in [0.3, 0.4) is 0 Å². The summed E-state index contributed by atoms with van der Waals surface area (Å²) in [5.74, 6) is -0.903. The van der Waals surface area contributed by atoms with E-state index in [1.807, 2.05) is 42.7 Å². The van der Waals surface area contributed by atoms with Gasteiger partial charge in [-0.1, -0.05) is 15.9 Å². The zero-order valence-corrected chi connectivity index (χ0v) is 23.3. The number of nitrogens with zero attached hydrogens (tertiary/aromatic N) is 5. The molecule has 2 aliphatic heterocycles. The number of carbonyl (C=O) groups excluding carboxylic acids is 2. The van der Waals surface area contributed by atoms with Crippen molar-refractivity contribution in [2.24, 2.45) is 5.16 Å². The van der Waals surface area contributed by atoms with Crippen LogP contribution in [0.5, 0.6) is 0 Å². The largest absolute Gasteiger partial charge is 0.477 e. The summed E-state index contributed by atoms with van der Waals surface area (Å²) in [7, 11) is 1.28. The van der Waals surface area contributed by atoms with Gasteiger partial charge in [0.15, 0.2) is 16.7 Å². The summed E-state index contributed by atoms with van der Waals surface area (Å²) >= 11 is 3.99. The van der Waals surface area contributed by atoms with Gasteiger partial charge in [0.1, 0.15) is 29.9 Å². The maximum atomic E-state index is 13.0. The Labute approximate surface area is 240 Å². The molecule has 0 aromatic carbocycles. The quantitative estimate of drug-likeness (QED) is 0.0865. The fourth-order valence-electron chi connectivity index (χ4n) is 4.01. The van der Waals surface area contributed by atoms with Crippen molar-refractivity contribution in [2.45, 2.75) is 16.3 Å². The van der Waals surface area contributed by atoms with E-state index in [9.17, 15) is 19.5 Å². The number of carboxylic acid groups (broad SMARTS) is 1. The monoisotopic (exact) mass is 599 g/mol. The summed E-state index contributed by atoms with van der Waals surface area (Å²) in [6, 6.07) is 8.44. The molecule has 2 amide bonds. The van der Waals surface area contributed by atoms with Gasteiger partial charge in [0, 0.05) is 40.1 Å². The number of aromatic nitrogens is 3. The van der Waals surface area contributed by atoms with Crippen LogP contribution in [-0.4, -0.2) is 73.5 Å². The Morgan fingerprint density at radius 2 is 2.12 bits per heavy atom. The van der Waals surface area contributed by atoms with E-state index < -0.39 is 29.2 Å². The molecule has 13 nitrogen and oxygen atoms in total. The van der Waals surface area contributed by atoms with E-state index in [4.69, 9.17) is 10.6 Å². The number of oxime groups is 1. The molecule has 0 aliphatic carbocycles. The molecule has 0 spiro atoms. The highest BCUT2D eigenvalue weighted by Crippen LogP contribution is 2.41. The van der Waals surface area contributed by atoms with Crippen LogP contribution in [0.25, 0.3) is 0 Å². The SMILES string of the molecule is CO/N=C(\C(=O)N[C@@H]1C(=O)N2C(C(=O)O)=C(CSc3cc[n+](Nc4ccccn4)cc3)CS[C@H]12)c1csc(N)n1. The third-order valence-electron chi connectivity index (χ3n) is 5.82. The molecule has 0 radical (unpaired) electrons. The number of carboxylic acids is 1. The number of β-lactam (4-membered cyclic amide) rings is 1. The summed E-state index contributed by atoms with van der Waals surface area (Å²) in [5.41, 5.74) is 9.45. The second kappa shape index (κ2) is 11.9. The number of nitrogens with one attached hydrogen (secondary N) is 2. The number of rotatable bonds is 10. The summed E-state index contributed by atoms with van der Waals surface area (Å²) in [6.07, 6.45) is 5.36. The van der Waals surface area contributed by atoms with Crippen molar-refractivity contribution in [2.75, 3.05) is 29.8 Å². The lowest BCUT2D eigenvalue weighted by molar-refractivity contribution is -0.643. The Morgan fingerprint density at radius 3 is 2.77 bits per heavy atom. The number of thiazole rings is 1. The first-order valence-electron chi connectivity index (χ1n) is 11.7. The smallest absolute Gasteiger partial charge is 0.352 e. The molecule has 3 aromatic rings. The van der Waals surface area contributed by atoms with E-state index in [1.54, 1.807) is 16.3 Å². The molecule has 0 bridgehead atoms. The van der Waals surface area contributed by atoms with Gasteiger partial charge in [-0.2, -0.15) is 0 Å². The van der Waals surface area contributed by atoms with E-state index in [0.717, 1.165) is 16.2 Å². The standard InChI is InChI=1S/C24H22N8O5S3/c1-37-30-17(15-12-40-24(25)27-15)20(33)28-18-21(34)32-19(23(35)36)13(11-39-22(18)32)10-38-14-5-8-31(9-6-14)29-16-4-2-3-7-26-16/h2-9,12,18,22H,10-11H2,1H3,(H4-,25,26,27,28,29,33,35,36)/p+1/b30-17-/t18-,22-/m1/s1. The first-order chi connectivity index (χ1) is 19.4. The Hall–Kier alpha value is -4.15. The molecule has 206 valence electrons. The number of nitrogen functional groups attached to an aromatic ring is 1. The summed E-state index contributed by atoms with van der Waals surface area (Å²) in [6.45, 7) is 0. The Morgan fingerprint density at radius 1 is 1.32 bits per heavy atom. The lowest BCUT2D eigenvalue weighted by Crippen LogP contribution is -2.71. The van der Waals surface area contributed by atoms with Gasteiger partial charge in [0.05, 0.1) is 0 Å². The van der Waals surface area contributed by atoms with E-state index in [2.05, 4.69) is 25.9 Å². The molecular weight excluding hydrogens is 577 g/mol. The molecule has 1 saturated heterocycles. The maximum Gasteiger partial charge on any atom is 0.352 e. The molecule has 0 unspecified atom stereocenters. The maximum absolute atomic E-state index is 13.0. The highest BCUT2D eigenvalue weighted by molar-refractivity contribution is 8.01. The molecular formula is C24H23N8O5S3+. The van der Waals surface area contributed by atoms with E-state index in [0.29, 0.717) is 22.9 Å². The van der Waals surface area contributed by atoms with Crippen LogP contribution in [0.1, 0.15) is 5.69 Å². The number of fused-ring (bicyclic) bond motifs is 1. The minimum Gasteiger partial charge on any atom is -0.477 e. The average molecular weight is 600 g/mol. The normalized spacial score (nSPS) is 18.6. The highest BCUT2D eigenvalue weighted by Gasteiger charge is 2.54. The van der Waals surface area contributed by atoms with Crippen LogP contribution in [0.15, 0.2) is 75.6 Å². The Bertz CT molecular complexity index is 1500. The average Bonchev–Trinajstić information content (AvgIpc) is 3.39. The van der Waals surface area contributed by atoms with Gasteiger partial charge in [0.25, 0.3) is 11.8 Å². The predicted octanol–water partition coefficient (Wildman–Crippen LogP) is 1.16. The number of amides is 2. The molecule has 16 heteroatoms. The van der Waals surface area contributed by atoms with Gasteiger partial charge in [0.2, 0.25) is 12.4 Å². The van der Waals surface area contributed by atoms with Crippen LogP contribution < -0.4 is 21.2 Å². The van der Waals surface area contributed by atoms with E-state index in [1.165, 1.54) is 35.5 Å². The molecule has 5 N–H and O–H groups in total. The van der Waals surface area contributed by atoms with Gasteiger partial charge in [-0.05, 0) is 17.7 Å². The molecule has 0 saturated carbocycles. The van der Waals surface area contributed by atoms with Crippen molar-refractivity contribution in [1.82, 2.24) is 20.2 Å². The first kappa shape index (κ1) is 27.4. The number of hydrogen-bond donors (Lipinski definition) is 4. The molecule has 40 heavy (non-hydrogen) atoms. The Kier molecular flexibility index (Phi) is 8.18. The van der Waals surface area contributed by atoms with Crippen molar-refractivity contribution >= 4 is 69.3 Å². The van der Waals surface area contributed by atoms with E-state index in [-0.39, 0.29) is 22.2 Å². The zero-order chi connectivity index (χ0) is 28.2. The topological polar surface area (TPSA) is 176 Å². The number of nitrogens with two attached hydrogens (primary N) is 1. The van der Waals surface area contributed by atoms with Crippen molar-refractivity contribution in [3.63, 3.8) is 0 Å². The molecule has 5 rings (SSSR count). The Balaban J connectivity index is 1.24. The zero-order valence-electron chi connectivity index (χ0n) is 20.9. The summed E-state index contributed by atoms with van der Waals surface area (Å²) in [4.78, 5) is 53.4. The van der Waals surface area contributed by atoms with Crippen LogP contribution in [0.2, 0.25) is 0 Å². The van der Waals surface area contributed by atoms with Crippen LogP contribution in [0, 0.1) is 0 Å². The minimum absolute atomic E-state index is 0.0485. The minimum atomic E-state index is -1.19. The van der Waals surface area contributed by atoms with Crippen LogP contribution in [0.4, 0.5) is 10.9 Å². The fourth-order valence-corrected chi connectivity index (χ4v) is 6.93. The van der Waals surface area contributed by atoms with Gasteiger partial charge < -0.3 is 21.0 Å². The molecule has 3 aromatic heterocycles. The molecule has 2 atom stereocenters. The highest BCUT2D eigenvalue weighted by atomic mass is 32.2. The van der Waals surface area contributed by atoms with Gasteiger partial charge in [-0.15, -0.1) is 40.3 Å². The van der Waals surface area contributed by atoms with Crippen LogP contribution in [-0.2, 0) is 19.2 Å². The van der Waals surface area contributed by atoms with Gasteiger partial charge >= 0.3 is 5.97 Å². The van der Waals surface area contributed by atoms with Crippen LogP contribution >= 0.6 is 34.9 Å². The number of hydrogen-bond acceptors (Lipinski definition) is 12. The second-order valence-electron chi connectivity index (χ2n) is 8.37. The third kappa shape index (κ3) is 5.73. The van der Waals surface area contributed by atoms with Crippen molar-refractivity contribution in [3.8, 4) is 0 Å². The summed E-state index contributed by atoms with van der Waals surface area (Å²) < 4.78 is 1.76. The number of pyridine rings is 2. The lowest BCUT2D eigenvalue weighted by Gasteiger charge is -2.49. The predicted molar refractivity (Wildman–Crippen MR) is 150 cm³/mol. The van der Waals surface area contributed by atoms with E-state index >= 15 is 0 Å². The van der Waals surface area contributed by atoms with Crippen molar-refractivity contribution < 1.29 is 29.0 Å². The number of thioether (sulfide) groups is 2. The van der Waals surface area contributed by atoms with Gasteiger partial charge in [-0.25, -0.2) is 14.8 Å². The molecule has 1 fully saturated rings. The summed E-state index contributed by atoms with van der Waals surface area (Å²) in [5, 5.41) is 17.6. The third-order valence-corrected chi connectivity index (χ3v) is 8.93. The second-order valence-corrected chi connectivity index (χ2v) is 11.4. The number of aliphatic carboxylic acids is 1. The van der Waals surface area contributed by atoms with Gasteiger partial charge in [-0.3, -0.25) is 14.5 Å². The van der Waals surface area contributed by atoms with Crippen molar-refractivity contribution in [1.29, 1.82) is 0 Å². The van der Waals surface area contributed by atoms with Crippen molar-refractivity contribution in [3.05, 3.63) is 71.3 Å².